The van der Waals surface area contributed by atoms with Crippen molar-refractivity contribution in [1.82, 2.24) is 10.2 Å². The van der Waals surface area contributed by atoms with Gasteiger partial charge in [-0.2, -0.15) is 5.10 Å². The smallest absolute Gasteiger partial charge is 0.292 e. The molecular weight excluding hydrogens is 306 g/mol. The number of nitrogens with two attached hydrogens (primary N) is 1. The third-order valence-corrected chi connectivity index (χ3v) is 2.48. The molecular formula is C9H8BrN5O3. The lowest BCUT2D eigenvalue weighted by molar-refractivity contribution is 0.0995. The maximum Gasteiger partial charge on any atom is 0.292 e. The van der Waals surface area contributed by atoms with Crippen molar-refractivity contribution in [2.75, 3.05) is 5.32 Å². The van der Waals surface area contributed by atoms with E-state index in [2.05, 4.69) is 36.6 Å². The second-order valence-electron chi connectivity index (χ2n) is 3.20. The number of aromatic nitrogens is 2. The van der Waals surface area contributed by atoms with Gasteiger partial charge in [-0.1, -0.05) is 5.16 Å². The highest BCUT2D eigenvalue weighted by Gasteiger charge is 2.15. The maximum absolute atomic E-state index is 11.8. The number of carbonyl (C=O) groups is 1. The molecule has 2 aromatic rings. The average Bonchev–Trinajstić information content (AvgIpc) is 2.97. The molecule has 0 fully saturated rings. The van der Waals surface area contributed by atoms with Gasteiger partial charge >= 0.3 is 0 Å². The van der Waals surface area contributed by atoms with Gasteiger partial charge in [0, 0.05) is 0 Å². The molecule has 94 valence electrons. The first kappa shape index (κ1) is 12.2. The molecule has 0 unspecified atom stereocenters. The fourth-order valence-corrected chi connectivity index (χ4v) is 1.55. The van der Waals surface area contributed by atoms with Gasteiger partial charge in [0.1, 0.15) is 5.82 Å². The quantitative estimate of drug-likeness (QED) is 0.292. The lowest BCUT2D eigenvalue weighted by Crippen LogP contribution is -2.18. The zero-order valence-electron chi connectivity index (χ0n) is 8.85. The minimum atomic E-state index is -0.489. The van der Waals surface area contributed by atoms with E-state index in [1.54, 1.807) is 6.07 Å². The topological polar surface area (TPSA) is 130 Å². The lowest BCUT2D eigenvalue weighted by Gasteiger charge is -2.02. The summed E-state index contributed by atoms with van der Waals surface area (Å²) in [5, 5.41) is 20.1. The van der Waals surface area contributed by atoms with E-state index in [1.165, 1.54) is 12.3 Å². The Morgan fingerprint density at radius 3 is 3.00 bits per heavy atom. The first-order chi connectivity index (χ1) is 8.61. The molecule has 8 nitrogen and oxygen atoms in total. The van der Waals surface area contributed by atoms with Crippen molar-refractivity contribution in [3.05, 3.63) is 34.3 Å². The van der Waals surface area contributed by atoms with Crippen LogP contribution < -0.4 is 11.1 Å². The van der Waals surface area contributed by atoms with E-state index in [9.17, 15) is 4.79 Å². The molecule has 0 atom stereocenters. The van der Waals surface area contributed by atoms with E-state index in [-0.39, 0.29) is 23.0 Å². The van der Waals surface area contributed by atoms with Crippen LogP contribution >= 0.6 is 15.9 Å². The summed E-state index contributed by atoms with van der Waals surface area (Å²) in [6.07, 6.45) is 1.32. The first-order valence-corrected chi connectivity index (χ1v) is 5.49. The summed E-state index contributed by atoms with van der Waals surface area (Å²) in [7, 11) is 0. The molecule has 9 heteroatoms. The largest absolute Gasteiger partial charge is 0.444 e. The van der Waals surface area contributed by atoms with Gasteiger partial charge in [-0.05, 0) is 28.1 Å². The Balaban J connectivity index is 2.20. The molecule has 0 spiro atoms. The number of nitrogens with one attached hydrogen (secondary N) is 2. The normalized spacial score (nSPS) is 11.5. The van der Waals surface area contributed by atoms with Crippen LogP contribution in [0.25, 0.3) is 0 Å². The van der Waals surface area contributed by atoms with Crippen LogP contribution in [-0.2, 0) is 0 Å². The Kier molecular flexibility index (Phi) is 3.33. The average molecular weight is 314 g/mol. The summed E-state index contributed by atoms with van der Waals surface area (Å²) in [5.74, 6) is -0.332. The highest BCUT2D eigenvalue weighted by molar-refractivity contribution is 9.10. The van der Waals surface area contributed by atoms with Gasteiger partial charge in [0.15, 0.2) is 16.3 Å². The number of carbonyl (C=O) groups excluding carboxylic acids is 1. The van der Waals surface area contributed by atoms with Crippen molar-refractivity contribution in [2.24, 2.45) is 10.9 Å². The van der Waals surface area contributed by atoms with E-state index < -0.39 is 5.91 Å². The van der Waals surface area contributed by atoms with Crippen molar-refractivity contribution < 1.29 is 14.4 Å². The van der Waals surface area contributed by atoms with Crippen LogP contribution in [0.5, 0.6) is 0 Å². The Hall–Kier alpha value is -2.29. The molecule has 0 radical (unpaired) electrons. The van der Waals surface area contributed by atoms with E-state index in [0.29, 0.717) is 4.67 Å². The minimum absolute atomic E-state index is 0.113. The molecule has 0 aliphatic heterocycles. The van der Waals surface area contributed by atoms with Crippen LogP contribution in [0.3, 0.4) is 0 Å². The summed E-state index contributed by atoms with van der Waals surface area (Å²) in [4.78, 5) is 11.8. The number of halogens is 1. The molecule has 18 heavy (non-hydrogen) atoms. The predicted octanol–water partition coefficient (Wildman–Crippen LogP) is 1.11. The van der Waals surface area contributed by atoms with Crippen molar-refractivity contribution in [3.63, 3.8) is 0 Å². The summed E-state index contributed by atoms with van der Waals surface area (Å²) >= 11 is 3.09. The highest BCUT2D eigenvalue weighted by Crippen LogP contribution is 2.16. The molecule has 2 rings (SSSR count). The zero-order chi connectivity index (χ0) is 13.1. The molecule has 2 aromatic heterocycles. The summed E-state index contributed by atoms with van der Waals surface area (Å²) in [6, 6.07) is 3.09. The van der Waals surface area contributed by atoms with Gasteiger partial charge in [-0.15, -0.1) is 0 Å². The maximum atomic E-state index is 11.8. The molecule has 0 bridgehead atoms. The van der Waals surface area contributed by atoms with E-state index in [0.717, 1.165) is 0 Å². The van der Waals surface area contributed by atoms with E-state index in [1.807, 2.05) is 0 Å². The number of amides is 1. The van der Waals surface area contributed by atoms with Gasteiger partial charge in [-0.25, -0.2) is 0 Å². The highest BCUT2D eigenvalue weighted by atomic mass is 79.9. The number of hydrogen-bond acceptors (Lipinski definition) is 5. The fourth-order valence-electron chi connectivity index (χ4n) is 1.24. The number of H-pyrrole nitrogens is 1. The van der Waals surface area contributed by atoms with Crippen LogP contribution in [0.4, 0.5) is 5.82 Å². The molecule has 0 aliphatic rings. The molecule has 0 aliphatic carbocycles. The number of nitrogens with zero attached hydrogens (tertiary/aromatic N) is 2. The Labute approximate surface area is 109 Å². The third kappa shape index (κ3) is 2.35. The summed E-state index contributed by atoms with van der Waals surface area (Å²) < 4.78 is 5.52. The number of oxime groups is 1. The number of anilines is 1. The molecule has 5 N–H and O–H groups in total. The monoisotopic (exact) mass is 313 g/mol. The van der Waals surface area contributed by atoms with Crippen LogP contribution in [0.1, 0.15) is 16.1 Å². The van der Waals surface area contributed by atoms with Crippen molar-refractivity contribution in [2.45, 2.75) is 0 Å². The van der Waals surface area contributed by atoms with Crippen molar-refractivity contribution in [1.29, 1.82) is 0 Å². The number of hydrogen-bond donors (Lipinski definition) is 4. The standard InChI is InChI=1S/C9H8BrN5O3/c10-6-2-1-5(18-6)9(16)13-8-4(3-12-14-8)7(11)15-17/h1-3,17H,(H2,11,15)(H2,12,13,14,16). The van der Waals surface area contributed by atoms with Crippen LogP contribution in [-0.4, -0.2) is 27.1 Å². The van der Waals surface area contributed by atoms with E-state index >= 15 is 0 Å². The summed E-state index contributed by atoms with van der Waals surface area (Å²) in [5.41, 5.74) is 5.69. The second kappa shape index (κ2) is 4.92. The Bertz CT molecular complexity index is 603. The predicted molar refractivity (Wildman–Crippen MR) is 65.5 cm³/mol. The second-order valence-corrected chi connectivity index (χ2v) is 3.98. The molecule has 0 saturated carbocycles. The molecule has 1 amide bonds. The van der Waals surface area contributed by atoms with Crippen LogP contribution in [0.2, 0.25) is 0 Å². The van der Waals surface area contributed by atoms with Gasteiger partial charge in [-0.3, -0.25) is 9.89 Å². The van der Waals surface area contributed by atoms with Gasteiger partial charge < -0.3 is 20.7 Å². The SMILES string of the molecule is NC(=NO)c1cn[nH]c1NC(=O)c1ccc(Br)o1. The third-order valence-electron chi connectivity index (χ3n) is 2.06. The molecule has 0 saturated heterocycles. The van der Waals surface area contributed by atoms with E-state index in [4.69, 9.17) is 15.4 Å². The van der Waals surface area contributed by atoms with Crippen LogP contribution in [0, 0.1) is 0 Å². The zero-order valence-corrected chi connectivity index (χ0v) is 10.4. The van der Waals surface area contributed by atoms with Crippen molar-refractivity contribution >= 4 is 33.5 Å². The van der Waals surface area contributed by atoms with Crippen molar-refractivity contribution in [3.8, 4) is 0 Å². The Morgan fingerprint density at radius 1 is 1.61 bits per heavy atom. The molecule has 2 heterocycles. The Morgan fingerprint density at radius 2 is 2.39 bits per heavy atom. The van der Waals surface area contributed by atoms with Gasteiger partial charge in [0.25, 0.3) is 5.91 Å². The number of rotatable bonds is 3. The lowest BCUT2D eigenvalue weighted by atomic mass is 10.3. The van der Waals surface area contributed by atoms with Gasteiger partial charge in [0.2, 0.25) is 0 Å². The number of amidine groups is 1. The summed E-state index contributed by atoms with van der Waals surface area (Å²) in [6.45, 7) is 0. The first-order valence-electron chi connectivity index (χ1n) is 4.69. The van der Waals surface area contributed by atoms with Crippen LogP contribution in [0.15, 0.2) is 32.6 Å². The number of furan rings is 1. The molecule has 0 aromatic carbocycles. The number of aromatic amines is 1. The fraction of sp³-hybridized carbons (Fsp3) is 0. The minimum Gasteiger partial charge on any atom is -0.444 e. The van der Waals surface area contributed by atoms with Gasteiger partial charge in [0.05, 0.1) is 11.8 Å².